The van der Waals surface area contributed by atoms with E-state index < -0.39 is 5.92 Å². The van der Waals surface area contributed by atoms with Crippen LogP contribution in [0.5, 0.6) is 0 Å². The molecule has 1 unspecified atom stereocenters. The van der Waals surface area contributed by atoms with Crippen molar-refractivity contribution >= 4 is 45.4 Å². The molecule has 30 heavy (non-hydrogen) atoms. The number of methoxy groups -OCH3 is 1. The molecule has 0 aliphatic heterocycles. The van der Waals surface area contributed by atoms with Crippen molar-refractivity contribution in [1.82, 2.24) is 9.47 Å². The summed E-state index contributed by atoms with van der Waals surface area (Å²) in [6, 6.07) is 11.2. The summed E-state index contributed by atoms with van der Waals surface area (Å²) in [6.45, 7) is 4.68. The van der Waals surface area contributed by atoms with Crippen LogP contribution in [-0.4, -0.2) is 42.2 Å². The number of rotatable bonds is 7. The first-order valence-electron chi connectivity index (χ1n) is 10.5. The van der Waals surface area contributed by atoms with Gasteiger partial charge in [0.2, 0.25) is 0 Å². The predicted octanol–water partition coefficient (Wildman–Crippen LogP) is 6.20. The van der Waals surface area contributed by atoms with Gasteiger partial charge in [-0.3, -0.25) is 9.36 Å². The van der Waals surface area contributed by atoms with Crippen molar-refractivity contribution in [3.63, 3.8) is 0 Å². The number of esters is 1. The van der Waals surface area contributed by atoms with Gasteiger partial charge in [-0.1, -0.05) is 49.9 Å². The lowest BCUT2D eigenvalue weighted by Gasteiger charge is -2.19. The Hall–Kier alpha value is -2.53. The number of nitrogens with zero attached hydrogens (tertiary/aromatic N) is 2. The van der Waals surface area contributed by atoms with E-state index in [9.17, 15) is 9.59 Å². The molecule has 0 radical (unpaired) electrons. The Labute approximate surface area is 182 Å². The second-order valence-corrected chi connectivity index (χ2v) is 8.22. The summed E-state index contributed by atoms with van der Waals surface area (Å²) >= 11 is 6.24. The van der Waals surface area contributed by atoms with Gasteiger partial charge in [-0.05, 0) is 43.2 Å². The lowest BCUT2D eigenvalue weighted by atomic mass is 9.99. The summed E-state index contributed by atoms with van der Waals surface area (Å²) in [6.07, 6.45) is 4.42. The summed E-state index contributed by atoms with van der Waals surface area (Å²) in [5.74, 6) is -0.726. The standard InChI is InChI=1S/C24H29ClN2O3/c1-5-6-7-8-13-26(3)24(29)27-21-12-10-18(25)15-20(21)19-11-9-17(14-22(19)27)16(2)23(28)30-4/h9-12,14-16H,5-8,13H2,1-4H3. The van der Waals surface area contributed by atoms with E-state index in [4.69, 9.17) is 16.3 Å². The molecule has 1 aromatic heterocycles. The monoisotopic (exact) mass is 428 g/mol. The van der Waals surface area contributed by atoms with E-state index in [2.05, 4.69) is 6.92 Å². The molecule has 1 amide bonds. The number of unbranched alkanes of at least 4 members (excludes halogenated alkanes) is 3. The zero-order valence-corrected chi connectivity index (χ0v) is 18.8. The van der Waals surface area contributed by atoms with Crippen LogP contribution in [0.15, 0.2) is 36.4 Å². The Kier molecular flexibility index (Phi) is 7.03. The molecule has 1 heterocycles. The van der Waals surface area contributed by atoms with Gasteiger partial charge in [0.1, 0.15) is 0 Å². The highest BCUT2D eigenvalue weighted by Crippen LogP contribution is 2.33. The fourth-order valence-electron chi connectivity index (χ4n) is 3.84. The minimum absolute atomic E-state index is 0.0864. The van der Waals surface area contributed by atoms with Gasteiger partial charge < -0.3 is 9.64 Å². The summed E-state index contributed by atoms with van der Waals surface area (Å²) in [5, 5.41) is 2.47. The van der Waals surface area contributed by atoms with Gasteiger partial charge in [-0.25, -0.2) is 4.79 Å². The summed E-state index contributed by atoms with van der Waals surface area (Å²) < 4.78 is 6.63. The summed E-state index contributed by atoms with van der Waals surface area (Å²) in [7, 11) is 3.22. The van der Waals surface area contributed by atoms with Crippen LogP contribution in [0.4, 0.5) is 4.79 Å². The molecular formula is C24H29ClN2O3. The van der Waals surface area contributed by atoms with Gasteiger partial charge >= 0.3 is 12.0 Å². The molecule has 0 aliphatic rings. The predicted molar refractivity (Wildman–Crippen MR) is 122 cm³/mol. The molecule has 1 atom stereocenters. The van der Waals surface area contributed by atoms with Crippen molar-refractivity contribution in [2.75, 3.05) is 20.7 Å². The van der Waals surface area contributed by atoms with Gasteiger partial charge in [-0.15, -0.1) is 0 Å². The Bertz CT molecular complexity index is 1070. The molecule has 0 saturated heterocycles. The third-order valence-corrected chi connectivity index (χ3v) is 5.91. The zero-order chi connectivity index (χ0) is 21.8. The number of amides is 1. The maximum absolute atomic E-state index is 13.4. The molecular weight excluding hydrogens is 400 g/mol. The molecule has 3 aromatic rings. The minimum atomic E-state index is -0.420. The molecule has 6 heteroatoms. The van der Waals surface area contributed by atoms with Crippen LogP contribution in [0.1, 0.15) is 51.0 Å². The Balaban J connectivity index is 2.09. The topological polar surface area (TPSA) is 51.5 Å². The molecule has 0 fully saturated rings. The second kappa shape index (κ2) is 9.52. The molecule has 160 valence electrons. The molecule has 0 spiro atoms. The van der Waals surface area contributed by atoms with Crippen molar-refractivity contribution in [2.24, 2.45) is 0 Å². The quantitative estimate of drug-likeness (QED) is 0.332. The molecule has 0 N–H and O–H groups in total. The molecule has 0 aliphatic carbocycles. The Morgan fingerprint density at radius 1 is 1.07 bits per heavy atom. The average molecular weight is 429 g/mol. The van der Waals surface area contributed by atoms with Gasteiger partial charge in [0, 0.05) is 29.4 Å². The number of halogens is 1. The molecule has 3 rings (SSSR count). The first-order valence-corrected chi connectivity index (χ1v) is 10.8. The Morgan fingerprint density at radius 2 is 1.83 bits per heavy atom. The van der Waals surface area contributed by atoms with E-state index in [0.29, 0.717) is 11.6 Å². The minimum Gasteiger partial charge on any atom is -0.469 e. The smallest absolute Gasteiger partial charge is 0.328 e. The fourth-order valence-corrected chi connectivity index (χ4v) is 4.01. The Morgan fingerprint density at radius 3 is 2.53 bits per heavy atom. The number of hydrogen-bond acceptors (Lipinski definition) is 3. The van der Waals surface area contributed by atoms with E-state index in [1.54, 1.807) is 22.5 Å². The van der Waals surface area contributed by atoms with E-state index >= 15 is 0 Å². The molecule has 0 saturated carbocycles. The van der Waals surface area contributed by atoms with Gasteiger partial charge in [0.15, 0.2) is 0 Å². The van der Waals surface area contributed by atoms with Gasteiger partial charge in [0.05, 0.1) is 24.1 Å². The highest BCUT2D eigenvalue weighted by Gasteiger charge is 2.22. The van der Waals surface area contributed by atoms with E-state index in [1.165, 1.54) is 13.5 Å². The largest absolute Gasteiger partial charge is 0.469 e. The van der Waals surface area contributed by atoms with Gasteiger partial charge in [-0.2, -0.15) is 0 Å². The average Bonchev–Trinajstić information content (AvgIpc) is 3.07. The van der Waals surface area contributed by atoms with Crippen molar-refractivity contribution in [3.8, 4) is 0 Å². The van der Waals surface area contributed by atoms with Gasteiger partial charge in [0.25, 0.3) is 0 Å². The van der Waals surface area contributed by atoms with Crippen LogP contribution in [0, 0.1) is 0 Å². The van der Waals surface area contributed by atoms with Crippen LogP contribution in [-0.2, 0) is 9.53 Å². The number of carbonyl (C=O) groups excluding carboxylic acids is 2. The molecule has 2 aromatic carbocycles. The van der Waals surface area contributed by atoms with Crippen molar-refractivity contribution in [2.45, 2.75) is 45.4 Å². The van der Waals surface area contributed by atoms with Crippen LogP contribution in [0.25, 0.3) is 21.8 Å². The van der Waals surface area contributed by atoms with E-state index in [-0.39, 0.29) is 12.0 Å². The van der Waals surface area contributed by atoms with Crippen LogP contribution < -0.4 is 0 Å². The maximum atomic E-state index is 13.4. The van der Waals surface area contributed by atoms with E-state index in [0.717, 1.165) is 46.6 Å². The number of aromatic nitrogens is 1. The summed E-state index contributed by atoms with van der Waals surface area (Å²) in [4.78, 5) is 27.2. The van der Waals surface area contributed by atoms with Crippen LogP contribution in [0.2, 0.25) is 5.02 Å². The lowest BCUT2D eigenvalue weighted by molar-refractivity contribution is -0.141. The first-order chi connectivity index (χ1) is 14.4. The van der Waals surface area contributed by atoms with Crippen LogP contribution in [0.3, 0.4) is 0 Å². The van der Waals surface area contributed by atoms with Crippen molar-refractivity contribution < 1.29 is 14.3 Å². The SMILES string of the molecule is CCCCCCN(C)C(=O)n1c2ccc(Cl)cc2c2ccc(C(C)C(=O)OC)cc21. The van der Waals surface area contributed by atoms with Crippen molar-refractivity contribution in [1.29, 1.82) is 0 Å². The highest BCUT2D eigenvalue weighted by atomic mass is 35.5. The second-order valence-electron chi connectivity index (χ2n) is 7.78. The lowest BCUT2D eigenvalue weighted by Crippen LogP contribution is -2.31. The third-order valence-electron chi connectivity index (χ3n) is 5.67. The zero-order valence-electron chi connectivity index (χ0n) is 18.1. The summed E-state index contributed by atoms with van der Waals surface area (Å²) in [5.41, 5.74) is 2.39. The fraction of sp³-hybridized carbons (Fsp3) is 0.417. The first kappa shape index (κ1) is 22.2. The number of carbonyl (C=O) groups is 2. The van der Waals surface area contributed by atoms with Crippen molar-refractivity contribution in [3.05, 3.63) is 47.0 Å². The molecule has 0 bridgehead atoms. The van der Waals surface area contributed by atoms with E-state index in [1.807, 2.05) is 37.4 Å². The maximum Gasteiger partial charge on any atom is 0.328 e. The number of hydrogen-bond donors (Lipinski definition) is 0. The van der Waals surface area contributed by atoms with Crippen LogP contribution >= 0.6 is 11.6 Å². The third kappa shape index (κ3) is 4.31. The number of fused-ring (bicyclic) bond motifs is 3. The number of benzene rings is 2. The highest BCUT2D eigenvalue weighted by molar-refractivity contribution is 6.32. The normalized spacial score (nSPS) is 12.3. The molecule has 5 nitrogen and oxygen atoms in total. The number of ether oxygens (including phenoxy) is 1.